The summed E-state index contributed by atoms with van der Waals surface area (Å²) in [7, 11) is 0. The molecule has 0 unspecified atom stereocenters. The molecular weight excluding hydrogens is 201 g/mol. The Hall–Kier alpha value is -0.840. The highest BCUT2D eigenvalue weighted by Gasteiger charge is 2.09. The second-order valence-electron chi connectivity index (χ2n) is 1.96. The van der Waals surface area contributed by atoms with Crippen molar-refractivity contribution >= 4 is 29.1 Å². The summed E-state index contributed by atoms with van der Waals surface area (Å²) in [6, 6.07) is 1.37. The van der Waals surface area contributed by atoms with E-state index in [4.69, 9.17) is 29.0 Å². The molecule has 3 N–H and O–H groups in total. The molecule has 0 spiro atoms. The van der Waals surface area contributed by atoms with E-state index in [1.807, 2.05) is 5.43 Å². The minimum Gasteiger partial charge on any atom is -0.290 e. The van der Waals surface area contributed by atoms with Gasteiger partial charge in [0.25, 0.3) is 5.91 Å². The number of nitrogens with two attached hydrogens (primary N) is 1. The molecule has 0 aliphatic rings. The van der Waals surface area contributed by atoms with Gasteiger partial charge in [-0.1, -0.05) is 23.2 Å². The van der Waals surface area contributed by atoms with Crippen molar-refractivity contribution in [2.45, 2.75) is 0 Å². The maximum absolute atomic E-state index is 10.9. The predicted octanol–water partition coefficient (Wildman–Crippen LogP) is 0.992. The molecule has 0 radical (unpaired) electrons. The van der Waals surface area contributed by atoms with E-state index < -0.39 is 5.91 Å². The third kappa shape index (κ3) is 1.85. The quantitative estimate of drug-likeness (QED) is 0.311. The van der Waals surface area contributed by atoms with Gasteiger partial charge < -0.3 is 0 Å². The monoisotopic (exact) mass is 205 g/mol. The van der Waals surface area contributed by atoms with Crippen LogP contribution in [0.3, 0.4) is 0 Å². The number of rotatable bonds is 1. The number of nitrogens with zero attached hydrogens (tertiary/aromatic N) is 1. The highest BCUT2D eigenvalue weighted by atomic mass is 35.5. The Labute approximate surface area is 78.6 Å². The van der Waals surface area contributed by atoms with Gasteiger partial charge in [0, 0.05) is 6.20 Å². The molecule has 0 aliphatic heterocycles. The lowest BCUT2D eigenvalue weighted by atomic mass is 10.3. The smallest absolute Gasteiger partial charge is 0.268 e. The van der Waals surface area contributed by atoms with Crippen molar-refractivity contribution in [3.8, 4) is 0 Å². The first-order chi connectivity index (χ1) is 5.65. The van der Waals surface area contributed by atoms with Crippen molar-refractivity contribution in [2.24, 2.45) is 5.84 Å². The van der Waals surface area contributed by atoms with Crippen molar-refractivity contribution in [1.82, 2.24) is 10.4 Å². The van der Waals surface area contributed by atoms with E-state index in [1.165, 1.54) is 12.3 Å². The van der Waals surface area contributed by atoms with Crippen LogP contribution in [0.25, 0.3) is 0 Å². The van der Waals surface area contributed by atoms with Crippen LogP contribution in [-0.4, -0.2) is 10.9 Å². The molecule has 1 rings (SSSR count). The second-order valence-corrected chi connectivity index (χ2v) is 2.75. The summed E-state index contributed by atoms with van der Waals surface area (Å²) in [4.78, 5) is 14.6. The number of hydrazine groups is 1. The van der Waals surface area contributed by atoms with Gasteiger partial charge in [-0.3, -0.25) is 10.2 Å². The molecule has 0 atom stereocenters. The molecule has 0 aromatic carbocycles. The highest BCUT2D eigenvalue weighted by molar-refractivity contribution is 6.36. The Morgan fingerprint density at radius 3 is 2.75 bits per heavy atom. The average Bonchev–Trinajstić information content (AvgIpc) is 2.03. The van der Waals surface area contributed by atoms with Gasteiger partial charge in [-0.25, -0.2) is 10.8 Å². The van der Waals surface area contributed by atoms with Gasteiger partial charge in [0.15, 0.2) is 0 Å². The molecule has 0 saturated carbocycles. The van der Waals surface area contributed by atoms with E-state index in [9.17, 15) is 4.79 Å². The number of carbonyl (C=O) groups excluding carboxylic acids is 1. The molecule has 6 heteroatoms. The SMILES string of the molecule is NNC(=O)c1cnc(Cl)cc1Cl. The van der Waals surface area contributed by atoms with Crippen molar-refractivity contribution in [1.29, 1.82) is 0 Å². The summed E-state index contributed by atoms with van der Waals surface area (Å²) in [6.45, 7) is 0. The Morgan fingerprint density at radius 2 is 2.25 bits per heavy atom. The summed E-state index contributed by atoms with van der Waals surface area (Å²) < 4.78 is 0. The zero-order valence-electron chi connectivity index (χ0n) is 5.84. The molecule has 1 aromatic heterocycles. The average molecular weight is 206 g/mol. The van der Waals surface area contributed by atoms with Gasteiger partial charge in [0.1, 0.15) is 5.15 Å². The first-order valence-corrected chi connectivity index (χ1v) is 3.72. The van der Waals surface area contributed by atoms with Crippen molar-refractivity contribution in [3.63, 3.8) is 0 Å². The summed E-state index contributed by atoms with van der Waals surface area (Å²) >= 11 is 11.2. The number of halogens is 2. The van der Waals surface area contributed by atoms with E-state index in [1.54, 1.807) is 0 Å². The fourth-order valence-corrected chi connectivity index (χ4v) is 1.10. The van der Waals surface area contributed by atoms with Crippen LogP contribution in [0.4, 0.5) is 0 Å². The Balaban J connectivity index is 3.09. The first kappa shape index (κ1) is 9.25. The van der Waals surface area contributed by atoms with Crippen molar-refractivity contribution < 1.29 is 4.79 Å². The molecule has 4 nitrogen and oxygen atoms in total. The van der Waals surface area contributed by atoms with Gasteiger partial charge in [0.2, 0.25) is 0 Å². The predicted molar refractivity (Wildman–Crippen MR) is 45.9 cm³/mol. The lowest BCUT2D eigenvalue weighted by molar-refractivity contribution is 0.0953. The first-order valence-electron chi connectivity index (χ1n) is 2.97. The van der Waals surface area contributed by atoms with E-state index in [-0.39, 0.29) is 15.7 Å². The highest BCUT2D eigenvalue weighted by Crippen LogP contribution is 2.17. The number of nitrogen functional groups attached to an aromatic ring is 1. The molecule has 64 valence electrons. The molecule has 0 aliphatic carbocycles. The Kier molecular flexibility index (Phi) is 2.86. The summed E-state index contributed by atoms with van der Waals surface area (Å²) in [5.74, 6) is 4.40. The Bertz CT molecular complexity index is 316. The number of pyridine rings is 1. The van der Waals surface area contributed by atoms with Gasteiger partial charge in [0.05, 0.1) is 10.6 Å². The Morgan fingerprint density at radius 1 is 1.58 bits per heavy atom. The molecule has 0 fully saturated rings. The number of amides is 1. The fraction of sp³-hybridized carbons (Fsp3) is 0. The molecule has 0 saturated heterocycles. The van der Waals surface area contributed by atoms with Crippen molar-refractivity contribution in [2.75, 3.05) is 0 Å². The summed E-state index contributed by atoms with van der Waals surface area (Å²) in [6.07, 6.45) is 1.26. The number of nitrogens with one attached hydrogen (secondary N) is 1. The molecule has 0 bridgehead atoms. The maximum atomic E-state index is 10.9. The van der Waals surface area contributed by atoms with E-state index >= 15 is 0 Å². The van der Waals surface area contributed by atoms with Crippen LogP contribution >= 0.6 is 23.2 Å². The standard InChI is InChI=1S/C6H5Cl2N3O/c7-4-1-5(8)10-2-3(4)6(12)11-9/h1-2H,9H2,(H,11,12). The maximum Gasteiger partial charge on any atom is 0.268 e. The van der Waals surface area contributed by atoms with E-state index in [0.717, 1.165) is 0 Å². The number of carbonyl (C=O) groups is 1. The van der Waals surface area contributed by atoms with Crippen LogP contribution in [0.2, 0.25) is 10.2 Å². The van der Waals surface area contributed by atoms with Crippen molar-refractivity contribution in [3.05, 3.63) is 28.0 Å². The third-order valence-corrected chi connectivity index (χ3v) is 1.72. The summed E-state index contributed by atoms with van der Waals surface area (Å²) in [5, 5.41) is 0.450. The van der Waals surface area contributed by atoms with Crippen LogP contribution in [-0.2, 0) is 0 Å². The van der Waals surface area contributed by atoms with E-state index in [2.05, 4.69) is 4.98 Å². The molecule has 1 aromatic rings. The van der Waals surface area contributed by atoms with Gasteiger partial charge in [-0.2, -0.15) is 0 Å². The number of hydrogen-bond donors (Lipinski definition) is 2. The lowest BCUT2D eigenvalue weighted by Crippen LogP contribution is -2.30. The van der Waals surface area contributed by atoms with E-state index in [0.29, 0.717) is 0 Å². The number of aromatic nitrogens is 1. The second kappa shape index (κ2) is 3.71. The third-order valence-electron chi connectivity index (χ3n) is 1.20. The zero-order valence-corrected chi connectivity index (χ0v) is 7.36. The molecule has 12 heavy (non-hydrogen) atoms. The van der Waals surface area contributed by atoms with Crippen LogP contribution in [0.15, 0.2) is 12.3 Å². The fourth-order valence-electron chi connectivity index (χ4n) is 0.652. The van der Waals surface area contributed by atoms with Crippen LogP contribution < -0.4 is 11.3 Å². The minimum absolute atomic E-state index is 0.198. The topological polar surface area (TPSA) is 68.0 Å². The van der Waals surface area contributed by atoms with Crippen LogP contribution in [0.1, 0.15) is 10.4 Å². The zero-order chi connectivity index (χ0) is 9.14. The van der Waals surface area contributed by atoms with Gasteiger partial charge in [-0.05, 0) is 6.07 Å². The lowest BCUT2D eigenvalue weighted by Gasteiger charge is -2.00. The van der Waals surface area contributed by atoms with Crippen LogP contribution in [0, 0.1) is 0 Å². The minimum atomic E-state index is -0.496. The largest absolute Gasteiger partial charge is 0.290 e. The van der Waals surface area contributed by atoms with Gasteiger partial charge >= 0.3 is 0 Å². The number of hydrogen-bond acceptors (Lipinski definition) is 3. The van der Waals surface area contributed by atoms with Crippen LogP contribution in [0.5, 0.6) is 0 Å². The normalized spacial score (nSPS) is 9.58. The molecule has 1 amide bonds. The summed E-state index contributed by atoms with van der Waals surface area (Å²) in [5.41, 5.74) is 2.13. The molecular formula is C6H5Cl2N3O. The van der Waals surface area contributed by atoms with Gasteiger partial charge in [-0.15, -0.1) is 0 Å². The molecule has 1 heterocycles.